The van der Waals surface area contributed by atoms with Crippen LogP contribution in [0.1, 0.15) is 39.5 Å². The fraction of sp³-hybridized carbons (Fsp3) is 0.200. The largest absolute Gasteiger partial charge is 0.479 e. The van der Waals surface area contributed by atoms with Gasteiger partial charge >= 0.3 is 5.97 Å². The second kappa shape index (κ2) is 9.85. The van der Waals surface area contributed by atoms with E-state index in [1.807, 2.05) is 90.6 Å². The molecule has 5 heteroatoms. The molecule has 5 nitrogen and oxygen atoms in total. The molecule has 1 aromatic heterocycles. The van der Waals surface area contributed by atoms with Gasteiger partial charge in [0.05, 0.1) is 6.61 Å². The molecule has 0 radical (unpaired) electrons. The summed E-state index contributed by atoms with van der Waals surface area (Å²) >= 11 is 0. The molecule has 1 heterocycles. The highest BCUT2D eigenvalue weighted by Crippen LogP contribution is 2.13. The Hall–Kier alpha value is -3.44. The van der Waals surface area contributed by atoms with Crippen LogP contribution in [0.5, 0.6) is 0 Å². The maximum absolute atomic E-state index is 12.6. The van der Waals surface area contributed by atoms with Crippen molar-refractivity contribution in [2.75, 3.05) is 0 Å². The van der Waals surface area contributed by atoms with Crippen LogP contribution < -0.4 is 0 Å². The lowest BCUT2D eigenvalue weighted by Crippen LogP contribution is -2.19. The lowest BCUT2D eigenvalue weighted by molar-refractivity contribution is -0.149. The average molecular weight is 403 g/mol. The number of aliphatic carboxylic acids is 1. The van der Waals surface area contributed by atoms with E-state index >= 15 is 0 Å². The fourth-order valence-electron chi connectivity index (χ4n) is 2.95. The molecule has 3 rings (SSSR count). The SMILES string of the molecule is Cc1ccc(C(=O)c2ccn(C/C=C/c3cccc(CO[C@H](C)C(=O)O)c3)c2)cc1. The summed E-state index contributed by atoms with van der Waals surface area (Å²) in [6.07, 6.45) is 6.91. The molecule has 0 aliphatic rings. The number of carboxylic acids is 1. The smallest absolute Gasteiger partial charge is 0.332 e. The third-order valence-electron chi connectivity index (χ3n) is 4.75. The Morgan fingerprint density at radius 2 is 1.87 bits per heavy atom. The topological polar surface area (TPSA) is 68.5 Å². The van der Waals surface area contributed by atoms with Crippen molar-refractivity contribution in [2.45, 2.75) is 33.1 Å². The zero-order chi connectivity index (χ0) is 21.5. The second-order valence-electron chi connectivity index (χ2n) is 7.23. The summed E-state index contributed by atoms with van der Waals surface area (Å²) in [7, 11) is 0. The van der Waals surface area contributed by atoms with Crippen LogP contribution in [-0.2, 0) is 22.7 Å². The van der Waals surface area contributed by atoms with E-state index in [-0.39, 0.29) is 12.4 Å². The molecule has 0 saturated carbocycles. The van der Waals surface area contributed by atoms with Crippen molar-refractivity contribution in [3.63, 3.8) is 0 Å². The number of aromatic nitrogens is 1. The molecular formula is C25H25NO4. The van der Waals surface area contributed by atoms with Crippen molar-refractivity contribution in [3.8, 4) is 0 Å². The minimum absolute atomic E-state index is 0.0148. The molecule has 154 valence electrons. The summed E-state index contributed by atoms with van der Waals surface area (Å²) in [5, 5.41) is 8.89. The Labute approximate surface area is 176 Å². The second-order valence-corrected chi connectivity index (χ2v) is 7.23. The predicted molar refractivity (Wildman–Crippen MR) is 116 cm³/mol. The molecule has 0 saturated heterocycles. The maximum atomic E-state index is 12.6. The predicted octanol–water partition coefficient (Wildman–Crippen LogP) is 4.73. The molecular weight excluding hydrogens is 378 g/mol. The monoisotopic (exact) mass is 403 g/mol. The number of carbonyl (C=O) groups is 2. The van der Waals surface area contributed by atoms with Crippen LogP contribution in [0.3, 0.4) is 0 Å². The van der Waals surface area contributed by atoms with E-state index in [1.54, 1.807) is 0 Å². The summed E-state index contributed by atoms with van der Waals surface area (Å²) in [6.45, 7) is 4.40. The summed E-state index contributed by atoms with van der Waals surface area (Å²) in [6, 6.07) is 17.2. The Balaban J connectivity index is 1.58. The third-order valence-corrected chi connectivity index (χ3v) is 4.75. The minimum atomic E-state index is -0.974. The number of nitrogens with zero attached hydrogens (tertiary/aromatic N) is 1. The van der Waals surface area contributed by atoms with Gasteiger partial charge in [0.1, 0.15) is 0 Å². The van der Waals surface area contributed by atoms with Crippen LogP contribution in [0.15, 0.2) is 73.1 Å². The summed E-state index contributed by atoms with van der Waals surface area (Å²) in [5.41, 5.74) is 4.39. The molecule has 3 aromatic rings. The van der Waals surface area contributed by atoms with Gasteiger partial charge in [-0.25, -0.2) is 4.79 Å². The van der Waals surface area contributed by atoms with Gasteiger partial charge in [-0.05, 0) is 37.1 Å². The van der Waals surface area contributed by atoms with E-state index in [0.29, 0.717) is 17.7 Å². The molecule has 1 N–H and O–H groups in total. The van der Waals surface area contributed by atoms with Gasteiger partial charge in [-0.2, -0.15) is 0 Å². The van der Waals surface area contributed by atoms with Gasteiger partial charge in [0.2, 0.25) is 0 Å². The molecule has 1 atom stereocenters. The molecule has 0 aliphatic heterocycles. The highest BCUT2D eigenvalue weighted by molar-refractivity contribution is 6.08. The Kier molecular flexibility index (Phi) is 6.99. The normalized spacial score (nSPS) is 12.2. The maximum Gasteiger partial charge on any atom is 0.332 e. The van der Waals surface area contributed by atoms with Gasteiger partial charge in [0.25, 0.3) is 0 Å². The van der Waals surface area contributed by atoms with E-state index in [2.05, 4.69) is 0 Å². The average Bonchev–Trinajstić information content (AvgIpc) is 3.21. The first-order chi connectivity index (χ1) is 14.4. The number of ether oxygens (including phenoxy) is 1. The number of hydrogen-bond acceptors (Lipinski definition) is 3. The Morgan fingerprint density at radius 3 is 2.60 bits per heavy atom. The molecule has 0 fully saturated rings. The first kappa shape index (κ1) is 21.3. The van der Waals surface area contributed by atoms with Gasteiger partial charge in [0, 0.05) is 30.1 Å². The van der Waals surface area contributed by atoms with Gasteiger partial charge in [0.15, 0.2) is 11.9 Å². The molecule has 0 aliphatic carbocycles. The minimum Gasteiger partial charge on any atom is -0.479 e. The lowest BCUT2D eigenvalue weighted by Gasteiger charge is -2.08. The summed E-state index contributed by atoms with van der Waals surface area (Å²) < 4.78 is 7.28. The van der Waals surface area contributed by atoms with Crippen molar-refractivity contribution in [1.82, 2.24) is 4.57 Å². The molecule has 0 bridgehead atoms. The molecule has 2 aromatic carbocycles. The van der Waals surface area contributed by atoms with Crippen LogP contribution in [0.2, 0.25) is 0 Å². The van der Waals surface area contributed by atoms with Crippen LogP contribution in [-0.4, -0.2) is 27.5 Å². The van der Waals surface area contributed by atoms with Crippen molar-refractivity contribution in [3.05, 3.63) is 101 Å². The Bertz CT molecular complexity index is 1050. The summed E-state index contributed by atoms with van der Waals surface area (Å²) in [4.78, 5) is 23.4. The quantitative estimate of drug-likeness (QED) is 0.525. The zero-order valence-corrected chi connectivity index (χ0v) is 17.1. The van der Waals surface area contributed by atoms with E-state index in [0.717, 1.165) is 16.7 Å². The van der Waals surface area contributed by atoms with Crippen LogP contribution in [0.4, 0.5) is 0 Å². The number of rotatable bonds is 9. The van der Waals surface area contributed by atoms with Gasteiger partial charge in [-0.15, -0.1) is 0 Å². The van der Waals surface area contributed by atoms with E-state index < -0.39 is 12.1 Å². The van der Waals surface area contributed by atoms with Crippen molar-refractivity contribution in [2.24, 2.45) is 0 Å². The molecule has 0 unspecified atom stereocenters. The van der Waals surface area contributed by atoms with Crippen molar-refractivity contribution < 1.29 is 19.4 Å². The number of allylic oxidation sites excluding steroid dienone is 1. The first-order valence-corrected chi connectivity index (χ1v) is 9.79. The van der Waals surface area contributed by atoms with Crippen LogP contribution in [0, 0.1) is 6.92 Å². The number of hydrogen-bond donors (Lipinski definition) is 1. The number of carbonyl (C=O) groups excluding carboxylic acids is 1. The lowest BCUT2D eigenvalue weighted by atomic mass is 10.0. The first-order valence-electron chi connectivity index (χ1n) is 9.79. The Morgan fingerprint density at radius 1 is 1.10 bits per heavy atom. The van der Waals surface area contributed by atoms with Gasteiger partial charge < -0.3 is 14.4 Å². The summed E-state index contributed by atoms with van der Waals surface area (Å²) in [5.74, 6) is -0.959. The fourth-order valence-corrected chi connectivity index (χ4v) is 2.95. The third kappa shape index (κ3) is 5.78. The number of ketones is 1. The highest BCUT2D eigenvalue weighted by Gasteiger charge is 2.11. The van der Waals surface area contributed by atoms with Gasteiger partial charge in [-0.3, -0.25) is 4.79 Å². The number of carboxylic acid groups (broad SMARTS) is 1. The molecule has 0 amide bonds. The van der Waals surface area contributed by atoms with Crippen LogP contribution in [0.25, 0.3) is 6.08 Å². The zero-order valence-electron chi connectivity index (χ0n) is 17.1. The van der Waals surface area contributed by atoms with Crippen LogP contribution >= 0.6 is 0 Å². The van der Waals surface area contributed by atoms with Crippen molar-refractivity contribution in [1.29, 1.82) is 0 Å². The highest BCUT2D eigenvalue weighted by atomic mass is 16.5. The number of aryl methyl sites for hydroxylation is 1. The van der Waals surface area contributed by atoms with Gasteiger partial charge in [-0.1, -0.05) is 60.2 Å². The van der Waals surface area contributed by atoms with E-state index in [4.69, 9.17) is 9.84 Å². The van der Waals surface area contributed by atoms with Crippen molar-refractivity contribution >= 4 is 17.8 Å². The molecule has 30 heavy (non-hydrogen) atoms. The van der Waals surface area contributed by atoms with E-state index in [9.17, 15) is 9.59 Å². The standard InChI is InChI=1S/C25H25NO4/c1-18-8-10-22(11-9-18)24(27)23-12-14-26(16-23)13-4-7-20-5-3-6-21(15-20)17-30-19(2)25(28)29/h3-12,14-16,19H,13,17H2,1-2H3,(H,28,29)/b7-4+/t19-/m1/s1. The number of benzene rings is 2. The van der Waals surface area contributed by atoms with E-state index in [1.165, 1.54) is 6.92 Å². The molecule has 0 spiro atoms.